The molecule has 0 fully saturated rings. The first-order valence-corrected chi connectivity index (χ1v) is 7.04. The normalized spacial score (nSPS) is 14.1. The van der Waals surface area contributed by atoms with Gasteiger partial charge < -0.3 is 10.5 Å². The Labute approximate surface area is 121 Å². The van der Waals surface area contributed by atoms with Gasteiger partial charge in [-0.3, -0.25) is 4.68 Å². The maximum Gasteiger partial charge on any atom is 0.119 e. The fourth-order valence-electron chi connectivity index (χ4n) is 2.11. The molecule has 0 bridgehead atoms. The molecule has 0 aliphatic carbocycles. The van der Waals surface area contributed by atoms with Crippen molar-refractivity contribution in [2.75, 3.05) is 7.11 Å². The van der Waals surface area contributed by atoms with E-state index in [0.29, 0.717) is 0 Å². The summed E-state index contributed by atoms with van der Waals surface area (Å²) in [4.78, 5) is 0. The second kappa shape index (κ2) is 6.21. The molecule has 0 saturated heterocycles. The molecule has 2 unspecified atom stereocenters. The predicted molar refractivity (Wildman–Crippen MR) is 79.3 cm³/mol. The van der Waals surface area contributed by atoms with Crippen LogP contribution in [0.4, 0.5) is 0 Å². The molecule has 2 atom stereocenters. The Hall–Kier alpha value is -1.33. The lowest BCUT2D eigenvalue weighted by molar-refractivity contribution is 0.404. The monoisotopic (exact) mass is 323 g/mol. The molecule has 0 aliphatic rings. The highest BCUT2D eigenvalue weighted by atomic mass is 79.9. The average molecular weight is 324 g/mol. The molecule has 0 amide bonds. The average Bonchev–Trinajstić information content (AvgIpc) is 2.85. The van der Waals surface area contributed by atoms with E-state index in [1.165, 1.54) is 0 Å². The predicted octanol–water partition coefficient (Wildman–Crippen LogP) is 2.98. The number of benzene rings is 1. The Morgan fingerprint density at radius 1 is 1.47 bits per heavy atom. The van der Waals surface area contributed by atoms with Crippen molar-refractivity contribution in [3.05, 3.63) is 46.7 Å². The van der Waals surface area contributed by atoms with Crippen molar-refractivity contribution in [1.29, 1.82) is 0 Å². The van der Waals surface area contributed by atoms with Gasteiger partial charge in [0.1, 0.15) is 5.75 Å². The Kier molecular flexibility index (Phi) is 4.61. The number of nitrogens with zero attached hydrogens (tertiary/aromatic N) is 2. The lowest BCUT2D eigenvalue weighted by atomic mass is 9.98. The van der Waals surface area contributed by atoms with Crippen molar-refractivity contribution in [1.82, 2.24) is 9.78 Å². The zero-order valence-electron chi connectivity index (χ0n) is 11.1. The molecule has 102 valence electrons. The summed E-state index contributed by atoms with van der Waals surface area (Å²) in [5.41, 5.74) is 7.37. The largest absolute Gasteiger partial charge is 0.497 e. The van der Waals surface area contributed by atoms with Gasteiger partial charge in [0, 0.05) is 12.2 Å². The van der Waals surface area contributed by atoms with Crippen molar-refractivity contribution in [2.24, 2.45) is 5.73 Å². The van der Waals surface area contributed by atoms with E-state index in [9.17, 15) is 0 Å². The maximum absolute atomic E-state index is 6.27. The third-order valence-corrected chi connectivity index (χ3v) is 3.58. The molecule has 0 spiro atoms. The fraction of sp³-hybridized carbons (Fsp3) is 0.357. The third kappa shape index (κ3) is 3.16. The Bertz CT molecular complexity index is 541. The van der Waals surface area contributed by atoms with Gasteiger partial charge in [-0.05, 0) is 40.0 Å². The van der Waals surface area contributed by atoms with Gasteiger partial charge in [-0.1, -0.05) is 19.1 Å². The van der Waals surface area contributed by atoms with E-state index >= 15 is 0 Å². The molecule has 2 N–H and O–H groups in total. The van der Waals surface area contributed by atoms with Gasteiger partial charge >= 0.3 is 0 Å². The van der Waals surface area contributed by atoms with Crippen LogP contribution in [0.1, 0.15) is 24.9 Å². The number of hydrogen-bond donors (Lipinski definition) is 1. The lowest BCUT2D eigenvalue weighted by Crippen LogP contribution is -2.32. The van der Waals surface area contributed by atoms with Crippen LogP contribution in [0.5, 0.6) is 5.75 Å². The number of aromatic nitrogens is 2. The van der Waals surface area contributed by atoms with E-state index in [4.69, 9.17) is 10.5 Å². The first-order chi connectivity index (χ1) is 9.15. The Morgan fingerprint density at radius 2 is 2.26 bits per heavy atom. The van der Waals surface area contributed by atoms with Crippen LogP contribution < -0.4 is 10.5 Å². The molecule has 0 saturated carbocycles. The highest BCUT2D eigenvalue weighted by Gasteiger charge is 2.21. The standard InChI is InChI=1S/C14H18BrN3O/c1-3-13(16)14(18-9-11(15)8-17-18)10-5-4-6-12(7-10)19-2/h4-9,13-14H,3,16H2,1-2H3. The number of halogens is 1. The SMILES string of the molecule is CCC(N)C(c1cccc(OC)c1)n1cc(Br)cn1. The minimum atomic E-state index is -0.00101. The summed E-state index contributed by atoms with van der Waals surface area (Å²) in [7, 11) is 1.67. The van der Waals surface area contributed by atoms with E-state index in [-0.39, 0.29) is 12.1 Å². The van der Waals surface area contributed by atoms with Gasteiger partial charge in [0.2, 0.25) is 0 Å². The van der Waals surface area contributed by atoms with Gasteiger partial charge in [0.25, 0.3) is 0 Å². The summed E-state index contributed by atoms with van der Waals surface area (Å²) in [5.74, 6) is 0.831. The summed E-state index contributed by atoms with van der Waals surface area (Å²) in [5, 5.41) is 4.37. The van der Waals surface area contributed by atoms with Crippen LogP contribution in [0.3, 0.4) is 0 Å². The summed E-state index contributed by atoms with van der Waals surface area (Å²) >= 11 is 3.42. The number of methoxy groups -OCH3 is 1. The summed E-state index contributed by atoms with van der Waals surface area (Å²) in [6, 6.07) is 7.97. The fourth-order valence-corrected chi connectivity index (χ4v) is 2.41. The van der Waals surface area contributed by atoms with Gasteiger partial charge in [-0.25, -0.2) is 0 Å². The van der Waals surface area contributed by atoms with Crippen LogP contribution in [-0.4, -0.2) is 22.9 Å². The van der Waals surface area contributed by atoms with Crippen LogP contribution in [0.15, 0.2) is 41.1 Å². The van der Waals surface area contributed by atoms with Crippen molar-refractivity contribution in [3.8, 4) is 5.75 Å². The molecular weight excluding hydrogens is 306 g/mol. The second-order valence-corrected chi connectivity index (χ2v) is 5.35. The summed E-state index contributed by atoms with van der Waals surface area (Å²) < 4.78 is 8.12. The molecule has 5 heteroatoms. The molecule has 19 heavy (non-hydrogen) atoms. The highest BCUT2D eigenvalue weighted by molar-refractivity contribution is 9.10. The summed E-state index contributed by atoms with van der Waals surface area (Å²) in [6.45, 7) is 2.08. The highest BCUT2D eigenvalue weighted by Crippen LogP contribution is 2.26. The molecular formula is C14H18BrN3O. The van der Waals surface area contributed by atoms with Gasteiger partial charge in [-0.2, -0.15) is 5.10 Å². The Morgan fingerprint density at radius 3 is 2.84 bits per heavy atom. The van der Waals surface area contributed by atoms with Crippen molar-refractivity contribution < 1.29 is 4.74 Å². The van der Waals surface area contributed by atoms with E-state index in [2.05, 4.69) is 34.0 Å². The summed E-state index contributed by atoms with van der Waals surface area (Å²) in [6.07, 6.45) is 4.59. The van der Waals surface area contributed by atoms with E-state index in [1.807, 2.05) is 29.1 Å². The molecule has 0 radical (unpaired) electrons. The molecule has 2 rings (SSSR count). The van der Waals surface area contributed by atoms with Gasteiger partial charge in [-0.15, -0.1) is 0 Å². The molecule has 1 aromatic heterocycles. The van der Waals surface area contributed by atoms with Crippen LogP contribution in [0, 0.1) is 0 Å². The van der Waals surface area contributed by atoms with Crippen molar-refractivity contribution >= 4 is 15.9 Å². The number of rotatable bonds is 5. The van der Waals surface area contributed by atoms with Crippen LogP contribution in [0.2, 0.25) is 0 Å². The van der Waals surface area contributed by atoms with E-state index < -0.39 is 0 Å². The van der Waals surface area contributed by atoms with Crippen molar-refractivity contribution in [2.45, 2.75) is 25.4 Å². The molecule has 1 heterocycles. The first kappa shape index (κ1) is 14.1. The van der Waals surface area contributed by atoms with Crippen LogP contribution in [0.25, 0.3) is 0 Å². The van der Waals surface area contributed by atoms with Gasteiger partial charge in [0.05, 0.1) is 23.8 Å². The smallest absolute Gasteiger partial charge is 0.119 e. The van der Waals surface area contributed by atoms with E-state index in [0.717, 1.165) is 22.2 Å². The quantitative estimate of drug-likeness (QED) is 0.920. The number of ether oxygens (including phenoxy) is 1. The minimum absolute atomic E-state index is 0.00101. The van der Waals surface area contributed by atoms with Crippen molar-refractivity contribution in [3.63, 3.8) is 0 Å². The van der Waals surface area contributed by atoms with Gasteiger partial charge in [0.15, 0.2) is 0 Å². The maximum atomic E-state index is 6.27. The second-order valence-electron chi connectivity index (χ2n) is 4.43. The Balaban J connectivity index is 2.42. The van der Waals surface area contributed by atoms with Crippen LogP contribution >= 0.6 is 15.9 Å². The first-order valence-electron chi connectivity index (χ1n) is 6.25. The molecule has 1 aromatic carbocycles. The van der Waals surface area contributed by atoms with Crippen LogP contribution in [-0.2, 0) is 0 Å². The molecule has 4 nitrogen and oxygen atoms in total. The number of hydrogen-bond acceptors (Lipinski definition) is 3. The molecule has 2 aromatic rings. The zero-order valence-corrected chi connectivity index (χ0v) is 12.7. The van der Waals surface area contributed by atoms with E-state index in [1.54, 1.807) is 13.3 Å². The topological polar surface area (TPSA) is 53.1 Å². The minimum Gasteiger partial charge on any atom is -0.497 e. The third-order valence-electron chi connectivity index (χ3n) is 3.17. The lowest BCUT2D eigenvalue weighted by Gasteiger charge is -2.24. The zero-order chi connectivity index (χ0) is 13.8. The molecule has 0 aliphatic heterocycles. The number of nitrogens with two attached hydrogens (primary N) is 1.